The van der Waals surface area contributed by atoms with E-state index >= 15 is 0 Å². The van der Waals surface area contributed by atoms with Crippen LogP contribution in [0.1, 0.15) is 26.3 Å². The second-order valence-electron chi connectivity index (χ2n) is 5.05. The quantitative estimate of drug-likeness (QED) is 0.520. The number of nitrogens with zero attached hydrogens (tertiary/aromatic N) is 1. The molecule has 0 fully saturated rings. The van der Waals surface area contributed by atoms with Crippen molar-refractivity contribution in [3.63, 3.8) is 0 Å². The Labute approximate surface area is 115 Å². The maximum absolute atomic E-state index is 11.2. The largest absolute Gasteiger partial charge is 0.478 e. The summed E-state index contributed by atoms with van der Waals surface area (Å²) in [6.45, 7) is 5.24. The van der Waals surface area contributed by atoms with Crippen molar-refractivity contribution in [2.45, 2.75) is 20.8 Å². The third-order valence-electron chi connectivity index (χ3n) is 2.54. The van der Waals surface area contributed by atoms with Crippen LogP contribution in [0.25, 0.3) is 6.08 Å². The van der Waals surface area contributed by atoms with Gasteiger partial charge in [0, 0.05) is 17.2 Å². The summed E-state index contributed by atoms with van der Waals surface area (Å²) < 4.78 is 0. The molecule has 0 saturated heterocycles. The maximum Gasteiger partial charge on any atom is 0.332 e. The first-order valence-electron chi connectivity index (χ1n) is 5.53. The van der Waals surface area contributed by atoms with Crippen LogP contribution in [-0.4, -0.2) is 16.0 Å². The molecule has 1 rings (SSSR count). The zero-order valence-corrected chi connectivity index (χ0v) is 11.6. The molecular formula is C13H14ClNO4. The Morgan fingerprint density at radius 3 is 2.42 bits per heavy atom. The highest BCUT2D eigenvalue weighted by molar-refractivity contribution is 6.34. The van der Waals surface area contributed by atoms with Crippen LogP contribution in [0.2, 0.25) is 5.02 Å². The summed E-state index contributed by atoms with van der Waals surface area (Å²) in [4.78, 5) is 21.4. The molecule has 0 amide bonds. The minimum Gasteiger partial charge on any atom is -0.478 e. The van der Waals surface area contributed by atoms with Crippen LogP contribution < -0.4 is 0 Å². The van der Waals surface area contributed by atoms with E-state index < -0.39 is 16.3 Å². The minimum atomic E-state index is -1.07. The fourth-order valence-electron chi connectivity index (χ4n) is 1.54. The molecule has 0 radical (unpaired) electrons. The zero-order valence-electron chi connectivity index (χ0n) is 10.8. The monoisotopic (exact) mass is 283 g/mol. The van der Waals surface area contributed by atoms with Gasteiger partial charge in [0.1, 0.15) is 5.02 Å². The van der Waals surface area contributed by atoms with Crippen molar-refractivity contribution in [2.24, 2.45) is 5.41 Å². The molecule has 19 heavy (non-hydrogen) atoms. The number of benzene rings is 1. The predicted molar refractivity (Wildman–Crippen MR) is 73.2 cm³/mol. The fraction of sp³-hybridized carbons (Fsp3) is 0.308. The van der Waals surface area contributed by atoms with Gasteiger partial charge in [-0.2, -0.15) is 0 Å². The predicted octanol–water partition coefficient (Wildman–Crippen LogP) is 3.76. The van der Waals surface area contributed by atoms with Crippen molar-refractivity contribution in [1.29, 1.82) is 0 Å². The molecule has 0 atom stereocenters. The Bertz CT molecular complexity index is 558. The van der Waals surface area contributed by atoms with Gasteiger partial charge in [-0.3, -0.25) is 10.1 Å². The number of carboxylic acids is 1. The van der Waals surface area contributed by atoms with Crippen LogP contribution in [-0.2, 0) is 4.79 Å². The third kappa shape index (κ3) is 3.54. The number of aliphatic carboxylic acids is 1. The molecule has 6 heteroatoms. The van der Waals surface area contributed by atoms with E-state index in [4.69, 9.17) is 11.6 Å². The SMILES string of the molecule is CC(C)(C)C(=Cc1cccc([N+](=O)[O-])c1Cl)C(=O)O. The lowest BCUT2D eigenvalue weighted by Gasteiger charge is -2.19. The summed E-state index contributed by atoms with van der Waals surface area (Å²) in [5.74, 6) is -1.07. The van der Waals surface area contributed by atoms with Gasteiger partial charge in [-0.05, 0) is 11.5 Å². The van der Waals surface area contributed by atoms with Gasteiger partial charge < -0.3 is 5.11 Å². The number of halogens is 1. The summed E-state index contributed by atoms with van der Waals surface area (Å²) in [5.41, 5.74) is -0.382. The van der Waals surface area contributed by atoms with Gasteiger partial charge in [0.25, 0.3) is 5.69 Å². The molecule has 0 aliphatic heterocycles. The smallest absolute Gasteiger partial charge is 0.332 e. The highest BCUT2D eigenvalue weighted by Crippen LogP contribution is 2.33. The molecular weight excluding hydrogens is 270 g/mol. The fourth-order valence-corrected chi connectivity index (χ4v) is 1.79. The Morgan fingerprint density at radius 1 is 1.42 bits per heavy atom. The van der Waals surface area contributed by atoms with Crippen molar-refractivity contribution >= 4 is 29.3 Å². The highest BCUT2D eigenvalue weighted by atomic mass is 35.5. The van der Waals surface area contributed by atoms with Crippen LogP contribution in [0, 0.1) is 15.5 Å². The molecule has 0 aliphatic carbocycles. The zero-order chi connectivity index (χ0) is 14.8. The lowest BCUT2D eigenvalue weighted by atomic mass is 9.85. The maximum atomic E-state index is 11.2. The molecule has 102 valence electrons. The van der Waals surface area contributed by atoms with Crippen molar-refractivity contribution in [3.05, 3.63) is 44.5 Å². The lowest BCUT2D eigenvalue weighted by Crippen LogP contribution is -2.17. The van der Waals surface area contributed by atoms with Gasteiger partial charge in [-0.15, -0.1) is 0 Å². The van der Waals surface area contributed by atoms with Gasteiger partial charge >= 0.3 is 5.97 Å². The first kappa shape index (κ1) is 15.2. The van der Waals surface area contributed by atoms with Gasteiger partial charge in [0.2, 0.25) is 0 Å². The molecule has 0 aromatic heterocycles. The van der Waals surface area contributed by atoms with E-state index in [9.17, 15) is 20.0 Å². The Morgan fingerprint density at radius 2 is 2.00 bits per heavy atom. The summed E-state index contributed by atoms with van der Waals surface area (Å²) in [5, 5.41) is 19.9. The number of nitro benzene ring substituents is 1. The van der Waals surface area contributed by atoms with E-state index in [0.29, 0.717) is 5.56 Å². The Kier molecular flexibility index (Phi) is 4.32. The molecule has 0 bridgehead atoms. The van der Waals surface area contributed by atoms with Crippen LogP contribution >= 0.6 is 11.6 Å². The van der Waals surface area contributed by atoms with E-state index in [2.05, 4.69) is 0 Å². The van der Waals surface area contributed by atoms with Crippen LogP contribution in [0.4, 0.5) is 5.69 Å². The molecule has 0 spiro atoms. The second kappa shape index (κ2) is 5.40. The van der Waals surface area contributed by atoms with Gasteiger partial charge in [0.15, 0.2) is 0 Å². The van der Waals surface area contributed by atoms with Crippen LogP contribution in [0.3, 0.4) is 0 Å². The summed E-state index contributed by atoms with van der Waals surface area (Å²) >= 11 is 5.92. The molecule has 0 aliphatic rings. The van der Waals surface area contributed by atoms with E-state index in [0.717, 1.165) is 0 Å². The molecule has 0 heterocycles. The normalized spacial score (nSPS) is 12.3. The average molecular weight is 284 g/mol. The topological polar surface area (TPSA) is 80.4 Å². The molecule has 0 saturated carbocycles. The molecule has 1 N–H and O–H groups in total. The van der Waals surface area contributed by atoms with Gasteiger partial charge in [-0.1, -0.05) is 44.5 Å². The van der Waals surface area contributed by atoms with Gasteiger partial charge in [-0.25, -0.2) is 4.79 Å². The van der Waals surface area contributed by atoms with E-state index in [-0.39, 0.29) is 16.3 Å². The molecule has 5 nitrogen and oxygen atoms in total. The number of carboxylic acid groups (broad SMARTS) is 1. The first-order valence-corrected chi connectivity index (χ1v) is 5.90. The van der Waals surface area contributed by atoms with E-state index in [1.54, 1.807) is 26.8 Å². The molecule has 1 aromatic rings. The van der Waals surface area contributed by atoms with Crippen molar-refractivity contribution in [1.82, 2.24) is 0 Å². The molecule has 1 aromatic carbocycles. The standard InChI is InChI=1S/C13H14ClNO4/c1-13(2,3)9(12(16)17)7-8-5-4-6-10(11(8)14)15(18)19/h4-7H,1-3H3,(H,16,17). The first-order chi connectivity index (χ1) is 8.64. The minimum absolute atomic E-state index is 0.0597. The van der Waals surface area contributed by atoms with Crippen LogP contribution in [0.15, 0.2) is 23.8 Å². The van der Waals surface area contributed by atoms with Crippen molar-refractivity contribution in [2.75, 3.05) is 0 Å². The number of nitro groups is 1. The third-order valence-corrected chi connectivity index (χ3v) is 2.96. The Hall–Kier alpha value is -1.88. The number of hydrogen-bond acceptors (Lipinski definition) is 3. The number of rotatable bonds is 3. The number of carbonyl (C=O) groups is 1. The average Bonchev–Trinajstić information content (AvgIpc) is 2.24. The molecule has 0 unspecified atom stereocenters. The number of hydrogen-bond donors (Lipinski definition) is 1. The van der Waals surface area contributed by atoms with Crippen molar-refractivity contribution in [3.8, 4) is 0 Å². The van der Waals surface area contributed by atoms with E-state index in [1.165, 1.54) is 18.2 Å². The second-order valence-corrected chi connectivity index (χ2v) is 5.43. The van der Waals surface area contributed by atoms with Crippen molar-refractivity contribution < 1.29 is 14.8 Å². The summed E-state index contributed by atoms with van der Waals surface area (Å²) in [7, 11) is 0. The summed E-state index contributed by atoms with van der Waals surface area (Å²) in [6, 6.07) is 4.29. The highest BCUT2D eigenvalue weighted by Gasteiger charge is 2.24. The van der Waals surface area contributed by atoms with E-state index in [1.807, 2.05) is 0 Å². The van der Waals surface area contributed by atoms with Crippen LogP contribution in [0.5, 0.6) is 0 Å². The van der Waals surface area contributed by atoms with Gasteiger partial charge in [0.05, 0.1) is 4.92 Å². The lowest BCUT2D eigenvalue weighted by molar-refractivity contribution is -0.384. The Balaban J connectivity index is 3.42. The summed E-state index contributed by atoms with van der Waals surface area (Å²) in [6.07, 6.45) is 1.37.